The third-order valence-electron chi connectivity index (χ3n) is 3.75. The number of aryl methyl sites for hydroxylation is 1. The van der Waals surface area contributed by atoms with E-state index in [2.05, 4.69) is 51.3 Å². The van der Waals surface area contributed by atoms with E-state index in [1.54, 1.807) is 18.6 Å². The molecule has 0 saturated carbocycles. The van der Waals surface area contributed by atoms with Crippen molar-refractivity contribution in [2.24, 2.45) is 0 Å². The number of hydrogen-bond acceptors (Lipinski definition) is 6. The Hall–Kier alpha value is -2.87. The zero-order chi connectivity index (χ0) is 19.4. The maximum atomic E-state index is 12.1. The lowest BCUT2D eigenvalue weighted by atomic mass is 9.95. The summed E-state index contributed by atoms with van der Waals surface area (Å²) in [6.45, 7) is 8.53. The maximum Gasteiger partial charge on any atom is 0.321 e. The lowest BCUT2D eigenvalue weighted by Gasteiger charge is -2.16. The van der Waals surface area contributed by atoms with Gasteiger partial charge in [0, 0.05) is 30.6 Å². The molecular formula is C19H22N6OS. The summed E-state index contributed by atoms with van der Waals surface area (Å²) in [4.78, 5) is 30.6. The third-order valence-corrected chi connectivity index (χ3v) is 4.85. The second-order valence-corrected chi connectivity index (χ2v) is 8.12. The molecule has 8 heteroatoms. The molecule has 0 aromatic carbocycles. The average molecular weight is 382 g/mol. The topological polar surface area (TPSA) is 92.7 Å². The molecule has 7 nitrogen and oxygen atoms in total. The fourth-order valence-corrected chi connectivity index (χ4v) is 3.29. The summed E-state index contributed by atoms with van der Waals surface area (Å²) in [6, 6.07) is 5.29. The molecule has 0 radical (unpaired) electrons. The van der Waals surface area contributed by atoms with Crippen molar-refractivity contribution in [1.29, 1.82) is 0 Å². The van der Waals surface area contributed by atoms with Crippen molar-refractivity contribution >= 4 is 22.5 Å². The van der Waals surface area contributed by atoms with Gasteiger partial charge in [-0.2, -0.15) is 0 Å². The molecule has 3 rings (SSSR count). The maximum absolute atomic E-state index is 12.1. The fraction of sp³-hybridized carbons (Fsp3) is 0.316. The molecule has 0 bridgehead atoms. The van der Waals surface area contributed by atoms with Crippen LogP contribution in [0.25, 0.3) is 10.6 Å². The Kier molecular flexibility index (Phi) is 5.46. The van der Waals surface area contributed by atoms with Crippen molar-refractivity contribution in [2.45, 2.75) is 39.7 Å². The summed E-state index contributed by atoms with van der Waals surface area (Å²) in [7, 11) is 0. The number of thiazole rings is 1. The lowest BCUT2D eigenvalue weighted by Crippen LogP contribution is -2.28. The molecule has 0 aliphatic heterocycles. The van der Waals surface area contributed by atoms with Gasteiger partial charge in [0.2, 0.25) is 0 Å². The minimum Gasteiger partial charge on any atom is -0.334 e. The number of pyridine rings is 1. The minimum absolute atomic E-state index is 0.137. The summed E-state index contributed by atoms with van der Waals surface area (Å²) in [5.74, 6) is 0.775. The summed E-state index contributed by atoms with van der Waals surface area (Å²) in [5, 5.41) is 6.11. The number of amides is 2. The monoisotopic (exact) mass is 382 g/mol. The van der Waals surface area contributed by atoms with E-state index in [1.165, 1.54) is 11.3 Å². The van der Waals surface area contributed by atoms with Crippen molar-refractivity contribution in [3.05, 3.63) is 53.9 Å². The van der Waals surface area contributed by atoms with Gasteiger partial charge in [-0.1, -0.05) is 38.2 Å². The highest BCUT2D eigenvalue weighted by atomic mass is 32.1. The normalized spacial score (nSPS) is 11.3. The zero-order valence-electron chi connectivity index (χ0n) is 15.8. The summed E-state index contributed by atoms with van der Waals surface area (Å²) < 4.78 is 0. The largest absolute Gasteiger partial charge is 0.334 e. The van der Waals surface area contributed by atoms with Crippen LogP contribution in [0.4, 0.5) is 9.93 Å². The Bertz CT molecular complexity index is 933. The molecule has 0 unspecified atom stereocenters. The second-order valence-electron chi connectivity index (χ2n) is 7.12. The van der Waals surface area contributed by atoms with E-state index in [0.29, 0.717) is 11.7 Å². The number of nitrogens with one attached hydrogen (secondary N) is 2. The van der Waals surface area contributed by atoms with Crippen LogP contribution < -0.4 is 10.6 Å². The van der Waals surface area contributed by atoms with E-state index >= 15 is 0 Å². The molecule has 2 amide bonds. The van der Waals surface area contributed by atoms with Gasteiger partial charge in [0.25, 0.3) is 0 Å². The molecule has 3 heterocycles. The van der Waals surface area contributed by atoms with Crippen molar-refractivity contribution in [3.63, 3.8) is 0 Å². The highest BCUT2D eigenvalue weighted by Crippen LogP contribution is 2.32. The highest BCUT2D eigenvalue weighted by Gasteiger charge is 2.19. The van der Waals surface area contributed by atoms with Gasteiger partial charge >= 0.3 is 6.03 Å². The van der Waals surface area contributed by atoms with E-state index in [4.69, 9.17) is 0 Å². The quantitative estimate of drug-likeness (QED) is 0.713. The van der Waals surface area contributed by atoms with E-state index in [0.717, 1.165) is 27.7 Å². The Labute approximate surface area is 162 Å². The molecule has 0 spiro atoms. The van der Waals surface area contributed by atoms with Gasteiger partial charge in [-0.15, -0.1) is 0 Å². The van der Waals surface area contributed by atoms with Crippen LogP contribution >= 0.6 is 11.3 Å². The number of anilines is 1. The molecule has 0 aliphatic carbocycles. The van der Waals surface area contributed by atoms with Crippen molar-refractivity contribution < 1.29 is 4.79 Å². The first-order valence-corrected chi connectivity index (χ1v) is 9.39. The van der Waals surface area contributed by atoms with E-state index < -0.39 is 0 Å². The van der Waals surface area contributed by atoms with Crippen LogP contribution in [-0.2, 0) is 12.0 Å². The molecule has 2 N–H and O–H groups in total. The Morgan fingerprint density at radius 3 is 2.70 bits per heavy atom. The fourth-order valence-electron chi connectivity index (χ4n) is 2.36. The SMILES string of the molecule is Cc1nc(NC(=O)NCc2cccnc2)sc1-c1ccnc(C(C)(C)C)n1. The summed E-state index contributed by atoms with van der Waals surface area (Å²) in [5.41, 5.74) is 2.43. The van der Waals surface area contributed by atoms with Crippen LogP contribution in [0.3, 0.4) is 0 Å². The number of hydrogen-bond donors (Lipinski definition) is 2. The number of rotatable bonds is 4. The predicted octanol–water partition coefficient (Wildman–Crippen LogP) is 3.92. The molecule has 0 atom stereocenters. The van der Waals surface area contributed by atoms with E-state index in [1.807, 2.05) is 25.1 Å². The van der Waals surface area contributed by atoms with Gasteiger partial charge in [-0.3, -0.25) is 10.3 Å². The van der Waals surface area contributed by atoms with Crippen molar-refractivity contribution in [3.8, 4) is 10.6 Å². The Morgan fingerprint density at radius 1 is 1.19 bits per heavy atom. The summed E-state index contributed by atoms with van der Waals surface area (Å²) >= 11 is 1.40. The molecule has 0 aliphatic rings. The van der Waals surface area contributed by atoms with Crippen LogP contribution in [-0.4, -0.2) is 26.0 Å². The lowest BCUT2D eigenvalue weighted by molar-refractivity contribution is 0.251. The van der Waals surface area contributed by atoms with Gasteiger partial charge in [0.05, 0.1) is 16.3 Å². The molecule has 3 aromatic rings. The number of carbonyl (C=O) groups is 1. The van der Waals surface area contributed by atoms with Crippen LogP contribution in [0.5, 0.6) is 0 Å². The van der Waals surface area contributed by atoms with Gasteiger partial charge < -0.3 is 5.32 Å². The number of aromatic nitrogens is 4. The minimum atomic E-state index is -0.308. The van der Waals surface area contributed by atoms with Crippen LogP contribution in [0, 0.1) is 6.92 Å². The number of urea groups is 1. The molecule has 0 saturated heterocycles. The van der Waals surface area contributed by atoms with Gasteiger partial charge in [-0.05, 0) is 24.6 Å². The predicted molar refractivity (Wildman–Crippen MR) is 107 cm³/mol. The number of nitrogens with zero attached hydrogens (tertiary/aromatic N) is 4. The van der Waals surface area contributed by atoms with E-state index in [9.17, 15) is 4.79 Å². The van der Waals surface area contributed by atoms with Crippen LogP contribution in [0.15, 0.2) is 36.8 Å². The molecule has 27 heavy (non-hydrogen) atoms. The van der Waals surface area contributed by atoms with Crippen molar-refractivity contribution in [1.82, 2.24) is 25.3 Å². The van der Waals surface area contributed by atoms with E-state index in [-0.39, 0.29) is 11.4 Å². The van der Waals surface area contributed by atoms with Crippen LogP contribution in [0.2, 0.25) is 0 Å². The zero-order valence-corrected chi connectivity index (χ0v) is 16.6. The number of carbonyl (C=O) groups excluding carboxylic acids is 1. The first-order chi connectivity index (χ1) is 12.8. The van der Waals surface area contributed by atoms with Gasteiger partial charge in [0.15, 0.2) is 5.13 Å². The second kappa shape index (κ2) is 7.79. The molecule has 0 fully saturated rings. The third kappa shape index (κ3) is 4.85. The summed E-state index contributed by atoms with van der Waals surface area (Å²) in [6.07, 6.45) is 5.17. The van der Waals surface area contributed by atoms with Gasteiger partial charge in [0.1, 0.15) is 5.82 Å². The smallest absolute Gasteiger partial charge is 0.321 e. The Morgan fingerprint density at radius 2 is 2.00 bits per heavy atom. The Balaban J connectivity index is 1.70. The first-order valence-electron chi connectivity index (χ1n) is 8.58. The standard InChI is InChI=1S/C19H22N6OS/c1-12-15(14-7-9-21-16(24-14)19(2,3)4)27-18(23-12)25-17(26)22-11-13-6-5-8-20-10-13/h5-10H,11H2,1-4H3,(H2,22,23,25,26). The van der Waals surface area contributed by atoms with Crippen molar-refractivity contribution in [2.75, 3.05) is 5.32 Å². The first kappa shape index (κ1) is 18.9. The van der Waals surface area contributed by atoms with Gasteiger partial charge in [-0.25, -0.2) is 19.7 Å². The van der Waals surface area contributed by atoms with Crippen LogP contribution in [0.1, 0.15) is 37.9 Å². The molecular weight excluding hydrogens is 360 g/mol. The average Bonchev–Trinajstić information content (AvgIpc) is 3.00. The molecule has 140 valence electrons. The molecule has 3 aromatic heterocycles. The highest BCUT2D eigenvalue weighted by molar-refractivity contribution is 7.19.